The van der Waals surface area contributed by atoms with Crippen molar-refractivity contribution in [3.05, 3.63) is 42.5 Å². The molecule has 1 heterocycles. The van der Waals surface area contributed by atoms with Gasteiger partial charge in [-0.05, 0) is 48.7 Å². The van der Waals surface area contributed by atoms with Crippen LogP contribution in [0.5, 0.6) is 5.75 Å². The van der Waals surface area contributed by atoms with Crippen molar-refractivity contribution in [2.45, 2.75) is 32.2 Å². The van der Waals surface area contributed by atoms with Gasteiger partial charge >= 0.3 is 0 Å². The molecule has 24 heavy (non-hydrogen) atoms. The van der Waals surface area contributed by atoms with Crippen LogP contribution >= 0.6 is 12.2 Å². The monoisotopic (exact) mass is 343 g/mol. The Morgan fingerprint density at radius 1 is 1.42 bits per heavy atom. The van der Waals surface area contributed by atoms with Crippen molar-refractivity contribution >= 4 is 23.0 Å². The zero-order valence-corrected chi connectivity index (χ0v) is 15.2. The van der Waals surface area contributed by atoms with E-state index in [2.05, 4.69) is 31.0 Å². The van der Waals surface area contributed by atoms with Gasteiger partial charge in [-0.3, -0.25) is 0 Å². The van der Waals surface area contributed by atoms with Crippen molar-refractivity contribution in [2.75, 3.05) is 13.7 Å². The van der Waals surface area contributed by atoms with Crippen LogP contribution in [0.2, 0.25) is 0 Å². The van der Waals surface area contributed by atoms with E-state index in [4.69, 9.17) is 22.1 Å². The van der Waals surface area contributed by atoms with E-state index in [1.807, 2.05) is 23.2 Å². The van der Waals surface area contributed by atoms with Crippen molar-refractivity contribution in [3.63, 3.8) is 0 Å². The highest BCUT2D eigenvalue weighted by Gasteiger charge is 2.43. The van der Waals surface area contributed by atoms with Gasteiger partial charge in [-0.25, -0.2) is 5.01 Å². The third kappa shape index (κ3) is 3.18. The fraction of sp³-hybridized carbons (Fsp3) is 0.474. The fourth-order valence-electron chi connectivity index (χ4n) is 3.74. The summed E-state index contributed by atoms with van der Waals surface area (Å²) in [5, 5.41) is 10.8. The average Bonchev–Trinajstić information content (AvgIpc) is 3.01. The number of hydrogen-bond acceptors (Lipinski definition) is 3. The second-order valence-corrected chi connectivity index (χ2v) is 6.89. The number of ether oxygens (including phenoxy) is 1. The van der Waals surface area contributed by atoms with Gasteiger partial charge in [-0.2, -0.15) is 5.10 Å². The molecule has 1 aliphatic carbocycles. The van der Waals surface area contributed by atoms with Crippen molar-refractivity contribution in [3.8, 4) is 5.75 Å². The molecule has 0 bridgehead atoms. The maximum Gasteiger partial charge on any atom is 0.190 e. The molecule has 1 aliphatic heterocycles. The number of rotatable bonds is 4. The third-order valence-electron chi connectivity index (χ3n) is 4.97. The van der Waals surface area contributed by atoms with E-state index in [1.54, 1.807) is 7.11 Å². The zero-order chi connectivity index (χ0) is 17.1. The molecule has 1 N–H and O–H groups in total. The normalized spacial score (nSPS) is 25.7. The van der Waals surface area contributed by atoms with Gasteiger partial charge in [0.2, 0.25) is 0 Å². The van der Waals surface area contributed by atoms with Crippen molar-refractivity contribution in [1.82, 2.24) is 10.3 Å². The van der Waals surface area contributed by atoms with E-state index in [0.717, 1.165) is 5.75 Å². The van der Waals surface area contributed by atoms with Gasteiger partial charge in [0.05, 0.1) is 13.2 Å². The summed E-state index contributed by atoms with van der Waals surface area (Å²) in [4.78, 5) is 0. The number of nitrogens with zero attached hydrogens (tertiary/aromatic N) is 2. The molecule has 2 aliphatic rings. The molecule has 128 valence electrons. The summed E-state index contributed by atoms with van der Waals surface area (Å²) < 4.78 is 5.29. The first-order valence-corrected chi connectivity index (χ1v) is 8.96. The van der Waals surface area contributed by atoms with Crippen LogP contribution in [0.15, 0.2) is 42.0 Å². The first-order chi connectivity index (χ1) is 11.7. The molecule has 0 radical (unpaired) electrons. The molecule has 3 atom stereocenters. The summed E-state index contributed by atoms with van der Waals surface area (Å²) in [6, 6.07) is 8.45. The van der Waals surface area contributed by atoms with Crippen LogP contribution in [0.1, 0.15) is 37.8 Å². The fourth-order valence-corrected chi connectivity index (χ4v) is 3.98. The standard InChI is InChI=1S/C19H25N3OS/c1-4-12-20-19(24)22-18(14-8-10-15(23-3)11-9-14)16-7-5-6-13(2)17(16)21-22/h4,8-11,13,16,18H,1,5-7,12H2,2-3H3,(H,20,24)/t13?,16-,18+/m0/s1. The Labute approximate surface area is 149 Å². The number of hydrogen-bond donors (Lipinski definition) is 1. The third-order valence-corrected chi connectivity index (χ3v) is 5.30. The summed E-state index contributed by atoms with van der Waals surface area (Å²) >= 11 is 5.60. The van der Waals surface area contributed by atoms with Gasteiger partial charge in [-0.15, -0.1) is 6.58 Å². The lowest BCUT2D eigenvalue weighted by Gasteiger charge is -2.31. The van der Waals surface area contributed by atoms with Gasteiger partial charge in [0.25, 0.3) is 0 Å². The van der Waals surface area contributed by atoms with E-state index in [9.17, 15) is 0 Å². The van der Waals surface area contributed by atoms with Crippen LogP contribution in [0, 0.1) is 11.8 Å². The molecule has 0 amide bonds. The van der Waals surface area contributed by atoms with E-state index < -0.39 is 0 Å². The Kier molecular flexibility index (Phi) is 5.19. The van der Waals surface area contributed by atoms with Crippen LogP contribution in [0.4, 0.5) is 0 Å². The van der Waals surface area contributed by atoms with Crippen LogP contribution < -0.4 is 10.1 Å². The largest absolute Gasteiger partial charge is 0.497 e. The van der Waals surface area contributed by atoms with Gasteiger partial charge in [-0.1, -0.05) is 31.6 Å². The molecule has 0 aromatic heterocycles. The van der Waals surface area contributed by atoms with E-state index in [-0.39, 0.29) is 6.04 Å². The lowest BCUT2D eigenvalue weighted by molar-refractivity contribution is 0.293. The topological polar surface area (TPSA) is 36.9 Å². The first-order valence-electron chi connectivity index (χ1n) is 8.56. The highest BCUT2D eigenvalue weighted by atomic mass is 32.1. The summed E-state index contributed by atoms with van der Waals surface area (Å²) in [5.74, 6) is 1.83. The number of fused-ring (bicyclic) bond motifs is 1. The van der Waals surface area contributed by atoms with E-state index in [0.29, 0.717) is 23.5 Å². The lowest BCUT2D eigenvalue weighted by atomic mass is 9.76. The molecule has 1 aromatic rings. The minimum atomic E-state index is 0.165. The minimum Gasteiger partial charge on any atom is -0.497 e. The predicted molar refractivity (Wildman–Crippen MR) is 102 cm³/mol. The highest BCUT2D eigenvalue weighted by molar-refractivity contribution is 7.80. The minimum absolute atomic E-state index is 0.165. The number of benzene rings is 1. The van der Waals surface area contributed by atoms with Gasteiger partial charge < -0.3 is 10.1 Å². The highest BCUT2D eigenvalue weighted by Crippen LogP contribution is 2.44. The Bertz CT molecular complexity index is 641. The summed E-state index contributed by atoms with van der Waals surface area (Å²) in [5.41, 5.74) is 2.53. The molecule has 1 fully saturated rings. The van der Waals surface area contributed by atoms with E-state index >= 15 is 0 Å². The first kappa shape index (κ1) is 17.0. The molecule has 1 saturated carbocycles. The maximum atomic E-state index is 5.60. The number of thiocarbonyl (C=S) groups is 1. The van der Waals surface area contributed by atoms with Crippen molar-refractivity contribution in [2.24, 2.45) is 16.9 Å². The molecule has 5 heteroatoms. The Morgan fingerprint density at radius 2 is 2.17 bits per heavy atom. The van der Waals surface area contributed by atoms with Crippen LogP contribution in [0.3, 0.4) is 0 Å². The number of hydrazone groups is 1. The molecular weight excluding hydrogens is 318 g/mol. The van der Waals surface area contributed by atoms with Gasteiger partial charge in [0.1, 0.15) is 5.75 Å². The number of methoxy groups -OCH3 is 1. The van der Waals surface area contributed by atoms with Crippen LogP contribution in [-0.2, 0) is 0 Å². The van der Waals surface area contributed by atoms with E-state index in [1.165, 1.54) is 30.5 Å². The second-order valence-electron chi connectivity index (χ2n) is 6.50. The Balaban J connectivity index is 1.92. The van der Waals surface area contributed by atoms with Gasteiger partial charge in [0, 0.05) is 18.2 Å². The van der Waals surface area contributed by atoms with Crippen molar-refractivity contribution < 1.29 is 4.74 Å². The average molecular weight is 343 g/mol. The lowest BCUT2D eigenvalue weighted by Crippen LogP contribution is -2.38. The van der Waals surface area contributed by atoms with Crippen molar-refractivity contribution in [1.29, 1.82) is 0 Å². The maximum absolute atomic E-state index is 5.60. The Morgan fingerprint density at radius 3 is 2.83 bits per heavy atom. The summed E-state index contributed by atoms with van der Waals surface area (Å²) in [6.07, 6.45) is 5.44. The molecule has 0 spiro atoms. The molecular formula is C19H25N3OS. The Hall–Kier alpha value is -1.88. The zero-order valence-electron chi connectivity index (χ0n) is 14.4. The predicted octanol–water partition coefficient (Wildman–Crippen LogP) is 3.90. The smallest absolute Gasteiger partial charge is 0.190 e. The summed E-state index contributed by atoms with van der Waals surface area (Å²) in [6.45, 7) is 6.68. The molecule has 1 unspecified atom stereocenters. The molecule has 1 aromatic carbocycles. The number of nitrogens with one attached hydrogen (secondary N) is 1. The molecule has 0 saturated heterocycles. The SMILES string of the molecule is C=CCNC(=S)N1N=C2C(C)CCC[C@@H]2[C@H]1c1ccc(OC)cc1. The quantitative estimate of drug-likeness (QED) is 0.664. The second kappa shape index (κ2) is 7.34. The molecule has 3 rings (SSSR count). The molecule has 4 nitrogen and oxygen atoms in total. The van der Waals surface area contributed by atoms with Crippen LogP contribution in [-0.4, -0.2) is 29.5 Å². The van der Waals surface area contributed by atoms with Crippen LogP contribution in [0.25, 0.3) is 0 Å². The van der Waals surface area contributed by atoms with Gasteiger partial charge in [0.15, 0.2) is 5.11 Å². The summed E-state index contributed by atoms with van der Waals surface area (Å²) in [7, 11) is 1.69.